The van der Waals surface area contributed by atoms with Gasteiger partial charge in [-0.1, -0.05) is 15.9 Å². The lowest BCUT2D eigenvalue weighted by molar-refractivity contribution is 0.448. The fourth-order valence-electron chi connectivity index (χ4n) is 0.734. The zero-order valence-electron chi connectivity index (χ0n) is 4.39. The van der Waals surface area contributed by atoms with Gasteiger partial charge in [0.1, 0.15) is 0 Å². The van der Waals surface area contributed by atoms with Crippen LogP contribution in [0.3, 0.4) is 0 Å². The van der Waals surface area contributed by atoms with Gasteiger partial charge in [0, 0.05) is 6.54 Å². The lowest BCUT2D eigenvalue weighted by Gasteiger charge is -2.09. The molecule has 0 N–H and O–H groups in total. The number of halogens is 1. The highest BCUT2D eigenvalue weighted by atomic mass is 79.9. The summed E-state index contributed by atoms with van der Waals surface area (Å²) < 4.78 is 0. The monoisotopic (exact) mass is 162 g/mol. The Morgan fingerprint density at radius 2 is 2.57 bits per heavy atom. The van der Waals surface area contributed by atoms with Crippen molar-refractivity contribution in [2.45, 2.75) is 17.8 Å². The van der Waals surface area contributed by atoms with E-state index in [1.807, 2.05) is 0 Å². The van der Waals surface area contributed by atoms with Crippen molar-refractivity contribution in [3.8, 4) is 0 Å². The van der Waals surface area contributed by atoms with Gasteiger partial charge in [0.2, 0.25) is 0 Å². The summed E-state index contributed by atoms with van der Waals surface area (Å²) in [5.74, 6) is 0. The van der Waals surface area contributed by atoms with E-state index in [-0.39, 0.29) is 0 Å². The van der Waals surface area contributed by atoms with Gasteiger partial charge in [-0.05, 0) is 19.9 Å². The maximum absolute atomic E-state index is 3.50. The zero-order chi connectivity index (χ0) is 5.28. The number of nitrogens with zero attached hydrogens (tertiary/aromatic N) is 1. The highest BCUT2D eigenvalue weighted by Crippen LogP contribution is 2.22. The Hall–Kier alpha value is 0.440. The largest absolute Gasteiger partial charge is 0.289 e. The molecule has 0 bridgehead atoms. The molecule has 1 unspecified atom stereocenters. The van der Waals surface area contributed by atoms with Crippen LogP contribution in [0, 0.1) is 6.54 Å². The molecule has 1 heterocycles. The highest BCUT2D eigenvalue weighted by Gasteiger charge is 2.16. The normalized spacial score (nSPS) is 34.3. The topological polar surface area (TPSA) is 3.24 Å². The van der Waals surface area contributed by atoms with E-state index >= 15 is 0 Å². The van der Waals surface area contributed by atoms with E-state index in [0.29, 0.717) is 4.95 Å². The molecule has 1 atom stereocenters. The third-order valence-corrected chi connectivity index (χ3v) is 2.37. The summed E-state index contributed by atoms with van der Waals surface area (Å²) in [5.41, 5.74) is 0. The molecule has 0 amide bonds. The predicted octanol–water partition coefficient (Wildman–Crippen LogP) is 1.59. The molecule has 7 heavy (non-hydrogen) atoms. The van der Waals surface area contributed by atoms with Gasteiger partial charge in [-0.15, -0.1) is 0 Å². The molecule has 1 aliphatic rings. The SMILES string of the molecule is CN1[CH]CCC1Br. The zero-order valence-corrected chi connectivity index (χ0v) is 5.98. The minimum Gasteiger partial charge on any atom is -0.289 e. The van der Waals surface area contributed by atoms with Crippen LogP contribution < -0.4 is 0 Å². The first-order chi connectivity index (χ1) is 3.30. The fraction of sp³-hybridized carbons (Fsp3) is 0.800. The van der Waals surface area contributed by atoms with Crippen LogP contribution in [-0.2, 0) is 0 Å². The Balaban J connectivity index is 2.33. The summed E-state index contributed by atoms with van der Waals surface area (Å²) in [7, 11) is 2.09. The van der Waals surface area contributed by atoms with E-state index in [4.69, 9.17) is 0 Å². The Morgan fingerprint density at radius 3 is 2.71 bits per heavy atom. The maximum atomic E-state index is 3.50. The van der Waals surface area contributed by atoms with Crippen molar-refractivity contribution < 1.29 is 0 Å². The molecule has 1 saturated heterocycles. The molecule has 1 radical (unpaired) electrons. The van der Waals surface area contributed by atoms with Crippen LogP contribution in [-0.4, -0.2) is 16.9 Å². The Morgan fingerprint density at radius 1 is 1.86 bits per heavy atom. The lowest BCUT2D eigenvalue weighted by Crippen LogP contribution is -2.14. The molecule has 1 rings (SSSR count). The lowest BCUT2D eigenvalue weighted by atomic mass is 10.4. The third-order valence-electron chi connectivity index (χ3n) is 1.26. The molecule has 0 aromatic rings. The summed E-state index contributed by atoms with van der Waals surface area (Å²) in [6, 6.07) is 0. The van der Waals surface area contributed by atoms with Crippen molar-refractivity contribution in [1.29, 1.82) is 0 Å². The van der Waals surface area contributed by atoms with Gasteiger partial charge in [-0.25, -0.2) is 0 Å². The van der Waals surface area contributed by atoms with Crippen molar-refractivity contribution in [3.63, 3.8) is 0 Å². The van der Waals surface area contributed by atoms with Crippen molar-refractivity contribution in [1.82, 2.24) is 4.90 Å². The Bertz CT molecular complexity index is 57.1. The van der Waals surface area contributed by atoms with E-state index in [9.17, 15) is 0 Å². The van der Waals surface area contributed by atoms with Crippen molar-refractivity contribution >= 4 is 15.9 Å². The Labute approximate surface area is 52.8 Å². The van der Waals surface area contributed by atoms with Crippen molar-refractivity contribution in [2.24, 2.45) is 0 Å². The minimum absolute atomic E-state index is 0.604. The third kappa shape index (κ3) is 1.16. The van der Waals surface area contributed by atoms with E-state index in [2.05, 4.69) is 34.4 Å². The first-order valence-corrected chi connectivity index (χ1v) is 3.41. The van der Waals surface area contributed by atoms with Crippen LogP contribution in [0.1, 0.15) is 12.8 Å². The molecule has 2 heteroatoms. The molecule has 0 saturated carbocycles. The van der Waals surface area contributed by atoms with Gasteiger partial charge in [-0.2, -0.15) is 0 Å². The molecule has 0 spiro atoms. The second kappa shape index (κ2) is 2.14. The standard InChI is InChI=1S/C5H9BrN/c1-7-4-2-3-5(7)6/h4-5H,2-3H2,1H3. The number of alkyl halides is 1. The molecule has 1 fully saturated rings. The molecule has 41 valence electrons. The van der Waals surface area contributed by atoms with E-state index in [1.54, 1.807) is 0 Å². The quantitative estimate of drug-likeness (QED) is 0.387. The van der Waals surface area contributed by atoms with Crippen molar-refractivity contribution in [2.75, 3.05) is 7.05 Å². The molecule has 1 nitrogen and oxygen atoms in total. The maximum Gasteiger partial charge on any atom is 0.0656 e. The molecule has 1 aliphatic heterocycles. The number of rotatable bonds is 0. The van der Waals surface area contributed by atoms with Gasteiger partial charge < -0.3 is 0 Å². The van der Waals surface area contributed by atoms with E-state index in [1.165, 1.54) is 12.8 Å². The van der Waals surface area contributed by atoms with Crippen molar-refractivity contribution in [3.05, 3.63) is 6.54 Å². The van der Waals surface area contributed by atoms with Crippen LogP contribution in [0.4, 0.5) is 0 Å². The van der Waals surface area contributed by atoms with Gasteiger partial charge in [0.15, 0.2) is 0 Å². The minimum atomic E-state index is 0.604. The summed E-state index contributed by atoms with van der Waals surface area (Å²) in [4.78, 5) is 2.80. The summed E-state index contributed by atoms with van der Waals surface area (Å²) >= 11 is 3.50. The Kier molecular flexibility index (Phi) is 1.70. The van der Waals surface area contributed by atoms with Gasteiger partial charge in [0.05, 0.1) is 4.95 Å². The average Bonchev–Trinajstić information content (AvgIpc) is 1.91. The van der Waals surface area contributed by atoms with Gasteiger partial charge >= 0.3 is 0 Å². The average molecular weight is 163 g/mol. The summed E-state index contributed by atoms with van der Waals surface area (Å²) in [6.45, 7) is 2.21. The molecular formula is C5H9BrN. The number of hydrogen-bond donors (Lipinski definition) is 0. The van der Waals surface area contributed by atoms with Crippen LogP contribution in [0.15, 0.2) is 0 Å². The second-order valence-corrected chi connectivity index (χ2v) is 2.92. The number of hydrogen-bond acceptors (Lipinski definition) is 1. The molecule has 0 aliphatic carbocycles. The van der Waals surface area contributed by atoms with Gasteiger partial charge in [0.25, 0.3) is 0 Å². The smallest absolute Gasteiger partial charge is 0.0656 e. The van der Waals surface area contributed by atoms with Crippen LogP contribution in [0.25, 0.3) is 0 Å². The van der Waals surface area contributed by atoms with Crippen LogP contribution >= 0.6 is 15.9 Å². The first-order valence-electron chi connectivity index (χ1n) is 2.50. The first kappa shape index (κ1) is 5.57. The highest BCUT2D eigenvalue weighted by molar-refractivity contribution is 9.09. The number of likely N-dealkylation sites (tertiary alicyclic amines) is 1. The van der Waals surface area contributed by atoms with Crippen LogP contribution in [0.5, 0.6) is 0 Å². The van der Waals surface area contributed by atoms with E-state index in [0.717, 1.165) is 0 Å². The second-order valence-electron chi connectivity index (χ2n) is 1.86. The predicted molar refractivity (Wildman–Crippen MR) is 34.0 cm³/mol. The van der Waals surface area contributed by atoms with E-state index < -0.39 is 0 Å². The van der Waals surface area contributed by atoms with Crippen LogP contribution in [0.2, 0.25) is 0 Å². The van der Waals surface area contributed by atoms with Gasteiger partial charge in [-0.3, -0.25) is 4.90 Å². The fourth-order valence-corrected chi connectivity index (χ4v) is 1.17. The molecular weight excluding hydrogens is 154 g/mol. The summed E-state index contributed by atoms with van der Waals surface area (Å²) in [6.07, 6.45) is 2.49. The summed E-state index contributed by atoms with van der Waals surface area (Å²) in [5, 5.41) is 0. The molecule has 0 aromatic carbocycles. The molecule has 0 aromatic heterocycles.